The van der Waals surface area contributed by atoms with Gasteiger partial charge in [0.25, 0.3) is 15.7 Å². The van der Waals surface area contributed by atoms with Crippen LogP contribution in [-0.4, -0.2) is 36.8 Å². The summed E-state index contributed by atoms with van der Waals surface area (Å²) in [5, 5.41) is 14.7. The Morgan fingerprint density at radius 3 is 2.78 bits per heavy atom. The Balaban J connectivity index is 2.22. The lowest BCUT2D eigenvalue weighted by Crippen LogP contribution is -2.14. The number of anilines is 1. The number of nitrogens with zero attached hydrogens (tertiary/aromatic N) is 3. The molecule has 0 aliphatic carbocycles. The van der Waals surface area contributed by atoms with Crippen LogP contribution in [0.4, 0.5) is 11.4 Å². The van der Waals surface area contributed by atoms with Crippen molar-refractivity contribution in [1.82, 2.24) is 9.78 Å². The Morgan fingerprint density at radius 2 is 2.17 bits per heavy atom. The second kappa shape index (κ2) is 6.75. The number of ether oxygens (including phenoxy) is 1. The first-order valence-corrected chi connectivity index (χ1v) is 8.11. The number of non-ortho nitro benzene ring substituents is 1. The molecule has 1 aromatic carbocycles. The van der Waals surface area contributed by atoms with E-state index in [1.165, 1.54) is 31.5 Å². The van der Waals surface area contributed by atoms with Crippen molar-refractivity contribution in [3.63, 3.8) is 0 Å². The molecule has 1 N–H and O–H groups in total. The number of nitro groups is 1. The summed E-state index contributed by atoms with van der Waals surface area (Å²) in [6, 6.07) is 3.59. The number of aryl methyl sites for hydroxylation is 1. The van der Waals surface area contributed by atoms with E-state index in [1.54, 1.807) is 11.8 Å². The first-order valence-electron chi connectivity index (χ1n) is 6.63. The Kier molecular flexibility index (Phi) is 4.96. The van der Waals surface area contributed by atoms with Crippen molar-refractivity contribution in [3.8, 4) is 0 Å². The summed E-state index contributed by atoms with van der Waals surface area (Å²) >= 11 is 0. The van der Waals surface area contributed by atoms with Gasteiger partial charge in [0.1, 0.15) is 0 Å². The largest absolute Gasteiger partial charge is 0.383 e. The summed E-state index contributed by atoms with van der Waals surface area (Å²) in [4.78, 5) is 10.1. The second-order valence-electron chi connectivity index (χ2n) is 4.80. The monoisotopic (exact) mass is 340 g/mol. The predicted molar refractivity (Wildman–Crippen MR) is 82.7 cm³/mol. The summed E-state index contributed by atoms with van der Waals surface area (Å²) in [7, 11) is -2.29. The van der Waals surface area contributed by atoms with Crippen LogP contribution < -0.4 is 4.72 Å². The average Bonchev–Trinajstić information content (AvgIpc) is 2.91. The molecular formula is C13H16N4O5S. The Labute approximate surface area is 133 Å². The molecule has 0 unspecified atom stereocenters. The minimum absolute atomic E-state index is 0.0206. The highest BCUT2D eigenvalue weighted by Crippen LogP contribution is 2.23. The molecule has 0 radical (unpaired) electrons. The van der Waals surface area contributed by atoms with E-state index in [-0.39, 0.29) is 10.6 Å². The van der Waals surface area contributed by atoms with Gasteiger partial charge >= 0.3 is 0 Å². The molecule has 1 aromatic heterocycles. The highest BCUT2D eigenvalue weighted by Gasteiger charge is 2.20. The third-order valence-electron chi connectivity index (χ3n) is 3.07. The zero-order chi connectivity index (χ0) is 17.0. The number of hydrogen-bond donors (Lipinski definition) is 1. The average molecular weight is 340 g/mol. The van der Waals surface area contributed by atoms with Crippen molar-refractivity contribution in [3.05, 3.63) is 46.3 Å². The second-order valence-corrected chi connectivity index (χ2v) is 6.45. The van der Waals surface area contributed by atoms with Crippen LogP contribution in [0.5, 0.6) is 0 Å². The summed E-state index contributed by atoms with van der Waals surface area (Å²) < 4.78 is 33.6. The molecule has 0 saturated carbocycles. The Hall–Kier alpha value is -2.46. The van der Waals surface area contributed by atoms with Crippen molar-refractivity contribution in [2.75, 3.05) is 18.4 Å². The highest BCUT2D eigenvalue weighted by molar-refractivity contribution is 7.92. The van der Waals surface area contributed by atoms with E-state index in [4.69, 9.17) is 4.74 Å². The standard InChI is InChI=1S/C13H16N4O5S/c1-10-7-12(17(18)19)3-4-13(10)23(20,21)15-11-8-14-16(9-11)5-6-22-2/h3-4,7-9,15H,5-6H2,1-2H3. The topological polar surface area (TPSA) is 116 Å². The Bertz CT molecular complexity index is 816. The molecule has 124 valence electrons. The van der Waals surface area contributed by atoms with Crippen LogP contribution in [0, 0.1) is 17.0 Å². The smallest absolute Gasteiger partial charge is 0.269 e. The number of rotatable bonds is 7. The summed E-state index contributed by atoms with van der Waals surface area (Å²) in [6.45, 7) is 2.45. The van der Waals surface area contributed by atoms with Gasteiger partial charge in [0, 0.05) is 25.4 Å². The Morgan fingerprint density at radius 1 is 1.43 bits per heavy atom. The van der Waals surface area contributed by atoms with Crippen molar-refractivity contribution in [1.29, 1.82) is 0 Å². The van der Waals surface area contributed by atoms with E-state index in [2.05, 4.69) is 9.82 Å². The lowest BCUT2D eigenvalue weighted by atomic mass is 10.2. The fourth-order valence-electron chi connectivity index (χ4n) is 1.98. The zero-order valence-electron chi connectivity index (χ0n) is 12.6. The SMILES string of the molecule is COCCn1cc(NS(=O)(=O)c2ccc([N+](=O)[O-])cc2C)cn1. The number of aromatic nitrogens is 2. The van der Waals surface area contributed by atoms with Crippen LogP contribution >= 0.6 is 0 Å². The molecular weight excluding hydrogens is 324 g/mol. The van der Waals surface area contributed by atoms with E-state index >= 15 is 0 Å². The van der Waals surface area contributed by atoms with Crippen molar-refractivity contribution in [2.24, 2.45) is 0 Å². The first-order chi connectivity index (χ1) is 10.8. The van der Waals surface area contributed by atoms with Crippen LogP contribution in [-0.2, 0) is 21.3 Å². The molecule has 0 aliphatic heterocycles. The van der Waals surface area contributed by atoms with E-state index in [0.717, 1.165) is 6.07 Å². The summed E-state index contributed by atoms with van der Waals surface area (Å²) in [6.07, 6.45) is 2.92. The predicted octanol–water partition coefficient (Wildman–Crippen LogP) is 1.55. The van der Waals surface area contributed by atoms with Crippen LogP contribution in [0.2, 0.25) is 0 Å². The van der Waals surface area contributed by atoms with Crippen LogP contribution in [0.3, 0.4) is 0 Å². The molecule has 0 aliphatic rings. The van der Waals surface area contributed by atoms with Gasteiger partial charge in [-0.1, -0.05) is 0 Å². The third-order valence-corrected chi connectivity index (χ3v) is 4.61. The zero-order valence-corrected chi connectivity index (χ0v) is 13.4. The van der Waals surface area contributed by atoms with E-state index in [0.29, 0.717) is 24.4 Å². The molecule has 10 heteroatoms. The lowest BCUT2D eigenvalue weighted by Gasteiger charge is -2.08. The maximum absolute atomic E-state index is 12.4. The molecule has 1 heterocycles. The molecule has 2 rings (SSSR count). The lowest BCUT2D eigenvalue weighted by molar-refractivity contribution is -0.385. The van der Waals surface area contributed by atoms with Gasteiger partial charge in [-0.05, 0) is 18.6 Å². The number of benzene rings is 1. The van der Waals surface area contributed by atoms with E-state index in [1.807, 2.05) is 0 Å². The number of nitro benzene ring substituents is 1. The van der Waals surface area contributed by atoms with Gasteiger partial charge in [0.2, 0.25) is 0 Å². The summed E-state index contributed by atoms with van der Waals surface area (Å²) in [5.41, 5.74) is 0.436. The van der Waals surface area contributed by atoms with Crippen LogP contribution in [0.15, 0.2) is 35.5 Å². The molecule has 0 fully saturated rings. The van der Waals surface area contributed by atoms with Crippen LogP contribution in [0.25, 0.3) is 0 Å². The maximum atomic E-state index is 12.4. The number of methoxy groups -OCH3 is 1. The first kappa shape index (κ1) is 16.9. The van der Waals surface area contributed by atoms with E-state index in [9.17, 15) is 18.5 Å². The van der Waals surface area contributed by atoms with E-state index < -0.39 is 14.9 Å². The van der Waals surface area contributed by atoms with Gasteiger partial charge in [-0.3, -0.25) is 19.5 Å². The summed E-state index contributed by atoms with van der Waals surface area (Å²) in [5.74, 6) is 0. The molecule has 0 saturated heterocycles. The fourth-order valence-corrected chi connectivity index (χ4v) is 3.24. The molecule has 0 amide bonds. The van der Waals surface area contributed by atoms with Gasteiger partial charge in [0.05, 0.1) is 34.9 Å². The maximum Gasteiger partial charge on any atom is 0.269 e. The molecule has 0 spiro atoms. The molecule has 23 heavy (non-hydrogen) atoms. The fraction of sp³-hybridized carbons (Fsp3) is 0.308. The molecule has 0 bridgehead atoms. The normalized spacial score (nSPS) is 11.4. The number of nitrogens with one attached hydrogen (secondary N) is 1. The molecule has 2 aromatic rings. The van der Waals surface area contributed by atoms with Gasteiger partial charge < -0.3 is 4.74 Å². The minimum Gasteiger partial charge on any atom is -0.383 e. The number of hydrogen-bond acceptors (Lipinski definition) is 6. The number of sulfonamides is 1. The molecule has 9 nitrogen and oxygen atoms in total. The third kappa shape index (κ3) is 4.05. The molecule has 0 atom stereocenters. The minimum atomic E-state index is -3.85. The van der Waals surface area contributed by atoms with Crippen LogP contribution in [0.1, 0.15) is 5.56 Å². The quantitative estimate of drug-likeness (QED) is 0.604. The van der Waals surface area contributed by atoms with Gasteiger partial charge in [0.15, 0.2) is 0 Å². The van der Waals surface area contributed by atoms with Gasteiger partial charge in [-0.15, -0.1) is 0 Å². The van der Waals surface area contributed by atoms with Crippen molar-refractivity contribution in [2.45, 2.75) is 18.4 Å². The van der Waals surface area contributed by atoms with Gasteiger partial charge in [-0.25, -0.2) is 8.42 Å². The van der Waals surface area contributed by atoms with Crippen molar-refractivity contribution >= 4 is 21.4 Å². The highest BCUT2D eigenvalue weighted by atomic mass is 32.2. The van der Waals surface area contributed by atoms with Gasteiger partial charge in [-0.2, -0.15) is 5.10 Å². The van der Waals surface area contributed by atoms with Crippen molar-refractivity contribution < 1.29 is 18.1 Å².